The molecule has 0 saturated carbocycles. The summed E-state index contributed by atoms with van der Waals surface area (Å²) in [6, 6.07) is 6.99. The molecule has 1 aromatic rings. The lowest BCUT2D eigenvalue weighted by Gasteiger charge is -2.10. The molecule has 0 aliphatic heterocycles. The Labute approximate surface area is 104 Å². The molecule has 0 saturated heterocycles. The molecule has 0 unspecified atom stereocenters. The number of rotatable bonds is 8. The Hall–Kier alpha value is -0.840. The van der Waals surface area contributed by atoms with E-state index in [1.165, 1.54) is 0 Å². The summed E-state index contributed by atoms with van der Waals surface area (Å²) in [6.07, 6.45) is 2.22. The fourth-order valence-electron chi connectivity index (χ4n) is 1.43. The first-order chi connectivity index (χ1) is 8.24. The highest BCUT2D eigenvalue weighted by Crippen LogP contribution is 2.31. The highest BCUT2D eigenvalue weighted by Gasteiger charge is 2.08. The zero-order valence-corrected chi connectivity index (χ0v) is 10.3. The van der Waals surface area contributed by atoms with Crippen molar-refractivity contribution in [3.05, 3.63) is 24.3 Å². The number of para-hydroxylation sites is 1. The molecule has 0 aliphatic rings. The lowest BCUT2D eigenvalue weighted by molar-refractivity contribution is 0.252. The van der Waals surface area contributed by atoms with Gasteiger partial charge in [-0.15, -0.1) is 0 Å². The Morgan fingerprint density at radius 2 is 1.88 bits per heavy atom. The summed E-state index contributed by atoms with van der Waals surface area (Å²) in [5.74, 6) is -2.41. The largest absolute Gasteiger partial charge is 0.384 e. The van der Waals surface area contributed by atoms with Gasteiger partial charge in [0.1, 0.15) is 0 Å². The van der Waals surface area contributed by atoms with Gasteiger partial charge in [0.05, 0.1) is 6.67 Å². The molecule has 96 valence electrons. The Morgan fingerprint density at radius 3 is 2.59 bits per heavy atom. The number of hydrogen-bond donors (Lipinski definition) is 1. The van der Waals surface area contributed by atoms with Crippen molar-refractivity contribution in [2.24, 2.45) is 0 Å². The predicted molar refractivity (Wildman–Crippen MR) is 66.6 cm³/mol. The number of hydrogen-bond acceptors (Lipinski definition) is 2. The number of alkyl halides is 3. The maximum Gasteiger partial charge on any atom is 0.288 e. The van der Waals surface area contributed by atoms with Gasteiger partial charge < -0.3 is 5.32 Å². The van der Waals surface area contributed by atoms with Crippen LogP contribution >= 0.6 is 11.8 Å². The molecule has 5 heteroatoms. The number of anilines is 1. The Bertz CT molecular complexity index is 320. The number of unbranched alkanes of at least 4 members (excludes halogenated alkanes) is 2. The summed E-state index contributed by atoms with van der Waals surface area (Å²) in [5.41, 5.74) is 0.720. The lowest BCUT2D eigenvalue weighted by atomic mass is 10.2. The first-order valence-corrected chi connectivity index (χ1v) is 6.45. The molecule has 0 atom stereocenters. The Kier molecular flexibility index (Phi) is 6.93. The van der Waals surface area contributed by atoms with Crippen LogP contribution in [0.4, 0.5) is 18.9 Å². The highest BCUT2D eigenvalue weighted by atomic mass is 32.2. The van der Waals surface area contributed by atoms with Gasteiger partial charge in [0.2, 0.25) is 0 Å². The number of halogens is 3. The summed E-state index contributed by atoms with van der Waals surface area (Å²) in [5, 5.41) is 3.10. The summed E-state index contributed by atoms with van der Waals surface area (Å²) in [7, 11) is 0. The van der Waals surface area contributed by atoms with E-state index >= 15 is 0 Å². The second-order valence-corrected chi connectivity index (χ2v) is 4.58. The van der Waals surface area contributed by atoms with E-state index in [0.717, 1.165) is 18.5 Å². The van der Waals surface area contributed by atoms with Gasteiger partial charge in [-0.1, -0.05) is 23.9 Å². The monoisotopic (exact) mass is 263 g/mol. The molecule has 0 aromatic heterocycles. The average molecular weight is 263 g/mol. The van der Waals surface area contributed by atoms with Crippen LogP contribution in [0.3, 0.4) is 0 Å². The maximum absolute atomic E-state index is 12.3. The van der Waals surface area contributed by atoms with Crippen molar-refractivity contribution in [2.75, 3.05) is 18.5 Å². The van der Waals surface area contributed by atoms with Gasteiger partial charge in [-0.2, -0.15) is 8.78 Å². The molecule has 0 radical (unpaired) electrons. The fraction of sp³-hybridized carbons (Fsp3) is 0.500. The number of benzene rings is 1. The summed E-state index contributed by atoms with van der Waals surface area (Å²) < 4.78 is 36.4. The molecule has 17 heavy (non-hydrogen) atoms. The van der Waals surface area contributed by atoms with Crippen molar-refractivity contribution in [2.45, 2.75) is 29.9 Å². The van der Waals surface area contributed by atoms with Crippen LogP contribution in [0.5, 0.6) is 0 Å². The molecule has 1 nitrogen and oxygen atoms in total. The highest BCUT2D eigenvalue weighted by molar-refractivity contribution is 7.99. The molecule has 0 heterocycles. The molecule has 1 aromatic carbocycles. The topological polar surface area (TPSA) is 12.0 Å². The summed E-state index contributed by atoms with van der Waals surface area (Å²) >= 11 is 0.538. The first-order valence-electron chi connectivity index (χ1n) is 5.57. The van der Waals surface area contributed by atoms with Gasteiger partial charge in [-0.3, -0.25) is 4.39 Å². The smallest absolute Gasteiger partial charge is 0.288 e. The number of thioether (sulfide) groups is 1. The molecular formula is C12H16F3NS. The zero-order valence-electron chi connectivity index (χ0n) is 9.46. The SMILES string of the molecule is FCCCCCNc1ccccc1SC(F)F. The molecule has 0 spiro atoms. The Balaban J connectivity index is 2.40. The van der Waals surface area contributed by atoms with Crippen LogP contribution in [0.2, 0.25) is 0 Å². The Morgan fingerprint density at radius 1 is 1.12 bits per heavy atom. The van der Waals surface area contributed by atoms with E-state index in [4.69, 9.17) is 0 Å². The molecular weight excluding hydrogens is 247 g/mol. The molecule has 0 bridgehead atoms. The third kappa shape index (κ3) is 5.86. The van der Waals surface area contributed by atoms with Crippen LogP contribution in [-0.2, 0) is 0 Å². The summed E-state index contributed by atoms with van der Waals surface area (Å²) in [4.78, 5) is 0.549. The molecule has 1 rings (SSSR count). The minimum Gasteiger partial charge on any atom is -0.384 e. The molecule has 0 aliphatic carbocycles. The number of nitrogens with one attached hydrogen (secondary N) is 1. The first kappa shape index (κ1) is 14.2. The van der Waals surface area contributed by atoms with Crippen molar-refractivity contribution in [1.29, 1.82) is 0 Å². The fourth-order valence-corrected chi connectivity index (χ4v) is 2.05. The van der Waals surface area contributed by atoms with Crippen molar-refractivity contribution >= 4 is 17.4 Å². The van der Waals surface area contributed by atoms with Gasteiger partial charge >= 0.3 is 0 Å². The van der Waals surface area contributed by atoms with Crippen LogP contribution in [0.25, 0.3) is 0 Å². The van der Waals surface area contributed by atoms with Crippen molar-refractivity contribution in [1.82, 2.24) is 0 Å². The van der Waals surface area contributed by atoms with Gasteiger partial charge in [0.25, 0.3) is 5.76 Å². The van der Waals surface area contributed by atoms with E-state index < -0.39 is 5.76 Å². The third-order valence-electron chi connectivity index (χ3n) is 2.23. The van der Waals surface area contributed by atoms with E-state index in [-0.39, 0.29) is 6.67 Å². The van der Waals surface area contributed by atoms with Crippen molar-refractivity contribution in [3.63, 3.8) is 0 Å². The standard InChI is InChI=1S/C12H16F3NS/c13-8-4-1-5-9-16-10-6-2-3-7-11(10)17-12(14)15/h2-3,6-7,12,16H,1,4-5,8-9H2. The van der Waals surface area contributed by atoms with Crippen molar-refractivity contribution < 1.29 is 13.2 Å². The van der Waals surface area contributed by atoms with Crippen LogP contribution in [0, 0.1) is 0 Å². The van der Waals surface area contributed by atoms with Gasteiger partial charge in [0, 0.05) is 17.1 Å². The van der Waals surface area contributed by atoms with Crippen LogP contribution in [0.15, 0.2) is 29.2 Å². The molecule has 0 fully saturated rings. The van der Waals surface area contributed by atoms with E-state index in [2.05, 4.69) is 5.32 Å². The minimum absolute atomic E-state index is 0.294. The van der Waals surface area contributed by atoms with Gasteiger partial charge in [-0.05, 0) is 31.4 Å². The lowest BCUT2D eigenvalue weighted by Crippen LogP contribution is -2.03. The molecule has 1 N–H and O–H groups in total. The second-order valence-electron chi connectivity index (χ2n) is 3.55. The van der Waals surface area contributed by atoms with E-state index in [1.54, 1.807) is 24.3 Å². The van der Waals surface area contributed by atoms with E-state index in [9.17, 15) is 13.2 Å². The van der Waals surface area contributed by atoms with Crippen LogP contribution in [-0.4, -0.2) is 19.0 Å². The average Bonchev–Trinajstić information content (AvgIpc) is 2.30. The van der Waals surface area contributed by atoms with E-state index in [1.807, 2.05) is 0 Å². The quantitative estimate of drug-likeness (QED) is 0.545. The van der Waals surface area contributed by atoms with Crippen LogP contribution < -0.4 is 5.32 Å². The van der Waals surface area contributed by atoms with Crippen LogP contribution in [0.1, 0.15) is 19.3 Å². The normalized spacial score (nSPS) is 10.8. The second kappa shape index (κ2) is 8.28. The van der Waals surface area contributed by atoms with Gasteiger partial charge in [-0.25, -0.2) is 0 Å². The van der Waals surface area contributed by atoms with Gasteiger partial charge in [0.15, 0.2) is 0 Å². The maximum atomic E-state index is 12.3. The summed E-state index contributed by atoms with van der Waals surface area (Å²) in [6.45, 7) is 0.388. The third-order valence-corrected chi connectivity index (χ3v) is 3.02. The molecule has 0 amide bonds. The predicted octanol–water partition coefficient (Wildman–Crippen LogP) is 4.55. The zero-order chi connectivity index (χ0) is 12.5. The minimum atomic E-state index is -2.41. The van der Waals surface area contributed by atoms with E-state index in [0.29, 0.717) is 29.6 Å². The van der Waals surface area contributed by atoms with Crippen molar-refractivity contribution in [3.8, 4) is 0 Å².